The predicted molar refractivity (Wildman–Crippen MR) is 83.0 cm³/mol. The molecule has 3 rings (SSSR count). The molecule has 0 spiro atoms. The number of hydrogen-bond acceptors (Lipinski definition) is 11. The van der Waals surface area contributed by atoms with Gasteiger partial charge in [0, 0.05) is 0 Å². The molecule has 2 aromatic rings. The van der Waals surface area contributed by atoms with Crippen molar-refractivity contribution in [2.24, 2.45) is 0 Å². The van der Waals surface area contributed by atoms with Crippen LogP contribution in [0, 0.1) is 0 Å². The first kappa shape index (κ1) is 27.5. The summed E-state index contributed by atoms with van der Waals surface area (Å²) in [6, 6.07) is 0. The van der Waals surface area contributed by atoms with Crippen LogP contribution in [-0.4, -0.2) is 59.1 Å². The molecule has 6 N–H and O–H groups in total. The Morgan fingerprint density at radius 2 is 1.90 bits per heavy atom. The molecule has 0 saturated carbocycles. The van der Waals surface area contributed by atoms with Crippen molar-refractivity contribution in [3.8, 4) is 0 Å². The first-order valence-electron chi connectivity index (χ1n) is 7.31. The van der Waals surface area contributed by atoms with Gasteiger partial charge < -0.3 is 35.4 Å². The van der Waals surface area contributed by atoms with Crippen molar-refractivity contribution in [1.82, 2.24) is 19.5 Å². The Morgan fingerprint density at radius 3 is 2.50 bits per heavy atom. The number of nitrogens with two attached hydrogens (primary N) is 1. The van der Waals surface area contributed by atoms with Gasteiger partial charge in [0.25, 0.3) is 5.56 Å². The fraction of sp³-hybridized carbons (Fsp3) is 0.500. The molecule has 30 heavy (non-hydrogen) atoms. The molecule has 5 atom stereocenters. The van der Waals surface area contributed by atoms with Crippen LogP contribution in [0.5, 0.6) is 0 Å². The van der Waals surface area contributed by atoms with E-state index in [1.54, 1.807) is 0 Å². The molecule has 0 aromatic carbocycles. The predicted octanol–water partition coefficient (Wildman–Crippen LogP) is -9.71. The van der Waals surface area contributed by atoms with Crippen LogP contribution in [0.4, 0.5) is 5.95 Å². The van der Waals surface area contributed by atoms with Gasteiger partial charge in [0.2, 0.25) is 5.95 Å². The summed E-state index contributed by atoms with van der Waals surface area (Å²) in [6.07, 6.45) is -6.02. The largest absolute Gasteiger partial charge is 1.00 e. The fourth-order valence-corrected chi connectivity index (χ4v) is 4.12. The first-order chi connectivity index (χ1) is 12.9. The van der Waals surface area contributed by atoms with E-state index >= 15 is 0 Å². The number of aromatic amines is 1. The normalized spacial score (nSPS) is 26.0. The number of rotatable bonds is 6. The van der Waals surface area contributed by atoms with Crippen LogP contribution in [-0.2, 0) is 22.7 Å². The van der Waals surface area contributed by atoms with Crippen molar-refractivity contribution in [1.29, 1.82) is 0 Å². The van der Waals surface area contributed by atoms with Gasteiger partial charge in [-0.15, -0.1) is 6.10 Å². The summed E-state index contributed by atoms with van der Waals surface area (Å²) in [5, 5.41) is 24.4. The smallest absolute Gasteiger partial charge is 0.851 e. The third-order valence-electron chi connectivity index (χ3n) is 3.62. The van der Waals surface area contributed by atoms with Crippen molar-refractivity contribution in [3.63, 3.8) is 0 Å². The van der Waals surface area contributed by atoms with Gasteiger partial charge in [0.05, 0.1) is 19.0 Å². The number of nitrogens with one attached hydrogen (secondary N) is 1. The second kappa shape index (κ2) is 9.96. The molecule has 16 nitrogen and oxygen atoms in total. The van der Waals surface area contributed by atoms with Gasteiger partial charge in [0.15, 0.2) is 11.2 Å². The zero-order valence-electron chi connectivity index (χ0n) is 15.5. The number of H-pyrrole nitrogens is 1. The van der Waals surface area contributed by atoms with Crippen LogP contribution in [0.3, 0.4) is 0 Å². The van der Waals surface area contributed by atoms with Crippen LogP contribution in [0.15, 0.2) is 11.1 Å². The van der Waals surface area contributed by atoms with Crippen molar-refractivity contribution >= 4 is 32.8 Å². The third-order valence-corrected chi connectivity index (χ3v) is 5.77. The standard InChI is InChI=1S/C10H13N5O11P2.2Li/c11-10-13-7-4(8(18)14-10)12-2-15(7)9-6(17)5(16)3(25-9)1-24-28(22,23)26-27(19,20)21;;/h2-3,5-6,9H,1H2,(H,22,23)(H2,19,20,21)(H3,11,13,14,18);;/q-2;2*+1. The summed E-state index contributed by atoms with van der Waals surface area (Å²) in [5.41, 5.74) is 4.47. The minimum atomic E-state index is -5.35. The number of ether oxygens (including phenoxy) is 1. The number of nitrogens with zero attached hydrogens (tertiary/aromatic N) is 3. The summed E-state index contributed by atoms with van der Waals surface area (Å²) in [6.45, 7) is -0.972. The van der Waals surface area contributed by atoms with Crippen LogP contribution >= 0.6 is 15.6 Å². The van der Waals surface area contributed by atoms with Crippen molar-refractivity contribution in [3.05, 3.63) is 16.7 Å². The Hall–Kier alpha value is -0.515. The molecule has 0 bridgehead atoms. The summed E-state index contributed by atoms with van der Waals surface area (Å²) < 4.78 is 36.2. The van der Waals surface area contributed by atoms with Gasteiger partial charge in [-0.2, -0.15) is 9.29 Å². The van der Waals surface area contributed by atoms with E-state index in [0.29, 0.717) is 0 Å². The molecule has 20 heteroatoms. The number of nitrogen functional groups attached to an aromatic ring is 1. The first-order valence-corrected chi connectivity index (χ1v) is 10.3. The van der Waals surface area contributed by atoms with Crippen molar-refractivity contribution < 1.29 is 85.3 Å². The van der Waals surface area contributed by atoms with Gasteiger partial charge in [-0.3, -0.25) is 18.9 Å². The Labute approximate surface area is 191 Å². The Balaban J connectivity index is 0.00000225. The molecule has 1 aliphatic heterocycles. The van der Waals surface area contributed by atoms with Gasteiger partial charge in [0.1, 0.15) is 6.23 Å². The van der Waals surface area contributed by atoms with E-state index in [9.17, 15) is 29.0 Å². The Bertz CT molecular complexity index is 1040. The summed E-state index contributed by atoms with van der Waals surface area (Å²) in [7, 11) is -10.6. The summed E-state index contributed by atoms with van der Waals surface area (Å²) in [5.74, 6) is -0.269. The van der Waals surface area contributed by atoms with E-state index in [1.165, 1.54) is 0 Å². The minimum absolute atomic E-state index is 0. The second-order valence-corrected chi connectivity index (χ2v) is 8.44. The summed E-state index contributed by atoms with van der Waals surface area (Å²) in [4.78, 5) is 47.9. The zero-order valence-corrected chi connectivity index (χ0v) is 17.3. The summed E-state index contributed by atoms with van der Waals surface area (Å²) >= 11 is 0. The molecule has 3 heterocycles. The Kier molecular flexibility index (Phi) is 9.13. The molecule has 1 aliphatic rings. The zero-order chi connectivity index (χ0) is 20.9. The van der Waals surface area contributed by atoms with Crippen LogP contribution in [0.2, 0.25) is 0 Å². The third kappa shape index (κ3) is 6.04. The number of anilines is 1. The van der Waals surface area contributed by atoms with Crippen LogP contribution < -0.4 is 59.2 Å². The van der Waals surface area contributed by atoms with Gasteiger partial charge in [-0.25, -0.2) is 14.1 Å². The average molecular weight is 455 g/mol. The van der Waals surface area contributed by atoms with E-state index in [1.807, 2.05) is 0 Å². The van der Waals surface area contributed by atoms with E-state index < -0.39 is 52.4 Å². The maximum atomic E-state index is 12.3. The van der Waals surface area contributed by atoms with Crippen LogP contribution in [0.25, 0.3) is 11.2 Å². The molecule has 156 valence electrons. The minimum Gasteiger partial charge on any atom is -0.851 e. The maximum Gasteiger partial charge on any atom is 1.00 e. The molecule has 1 fully saturated rings. The quantitative estimate of drug-likeness (QED) is 0.200. The molecular weight excluding hydrogens is 442 g/mol. The topological polar surface area (TPSA) is 258 Å². The second-order valence-electron chi connectivity index (χ2n) is 5.61. The maximum absolute atomic E-state index is 12.3. The molecule has 5 unspecified atom stereocenters. The number of imidazole rings is 1. The fourth-order valence-electron chi connectivity index (χ4n) is 2.52. The van der Waals surface area contributed by atoms with E-state index in [0.717, 1.165) is 10.9 Å². The monoisotopic (exact) mass is 455 g/mol. The van der Waals surface area contributed by atoms with Crippen LogP contribution in [0.1, 0.15) is 6.23 Å². The van der Waals surface area contributed by atoms with Gasteiger partial charge in [-0.05, 0) is 0 Å². The molecule has 0 amide bonds. The SMILES string of the molecule is Nc1nc2c(ncn2C2OC(COP(=O)(O)OP(=O)(O)O)C([O-])C2[O-])c(=O)[nH]1.[Li+].[Li+]. The molecule has 1 saturated heterocycles. The van der Waals surface area contributed by atoms with E-state index in [2.05, 4.69) is 23.8 Å². The Morgan fingerprint density at radius 1 is 1.27 bits per heavy atom. The van der Waals surface area contributed by atoms with E-state index in [4.69, 9.17) is 20.3 Å². The molecule has 0 aliphatic carbocycles. The van der Waals surface area contributed by atoms with Gasteiger partial charge >= 0.3 is 53.4 Å². The number of phosphoric ester groups is 1. The number of fused-ring (bicyclic) bond motifs is 1. The molecule has 0 radical (unpaired) electrons. The van der Waals surface area contributed by atoms with Crippen molar-refractivity contribution in [2.75, 3.05) is 12.3 Å². The number of aromatic nitrogens is 4. The average Bonchev–Trinajstić information content (AvgIpc) is 3.06. The number of phosphoric acid groups is 2. The van der Waals surface area contributed by atoms with Crippen molar-refractivity contribution in [2.45, 2.75) is 24.5 Å². The van der Waals surface area contributed by atoms with E-state index in [-0.39, 0.29) is 54.8 Å². The molecule has 2 aromatic heterocycles. The van der Waals surface area contributed by atoms with Gasteiger partial charge in [-0.1, -0.05) is 6.10 Å². The molecular formula is C10H13Li2N5O11P2. The number of hydrogen-bond donors (Lipinski definition) is 5.